The molecule has 6 heteroatoms. The SMILES string of the molecule is CN(CC1CCCN1)S(=O)(=O)c1ccc(Cl)cc1. The van der Waals surface area contributed by atoms with Gasteiger partial charge in [-0.3, -0.25) is 0 Å². The molecule has 0 aliphatic carbocycles. The molecule has 2 rings (SSSR count). The normalized spacial score (nSPS) is 20.5. The van der Waals surface area contributed by atoms with Crippen LogP contribution in [0.1, 0.15) is 12.8 Å². The first kappa shape index (κ1) is 13.8. The van der Waals surface area contributed by atoms with Crippen molar-refractivity contribution in [3.05, 3.63) is 29.3 Å². The third-order valence-corrected chi connectivity index (χ3v) is 5.25. The highest BCUT2D eigenvalue weighted by molar-refractivity contribution is 7.89. The lowest BCUT2D eigenvalue weighted by molar-refractivity contribution is 0.417. The average Bonchev–Trinajstić information content (AvgIpc) is 2.82. The van der Waals surface area contributed by atoms with E-state index in [0.29, 0.717) is 11.6 Å². The summed E-state index contributed by atoms with van der Waals surface area (Å²) in [5.41, 5.74) is 0. The lowest BCUT2D eigenvalue weighted by Gasteiger charge is -2.21. The van der Waals surface area contributed by atoms with E-state index in [1.54, 1.807) is 19.2 Å². The summed E-state index contributed by atoms with van der Waals surface area (Å²) in [6.07, 6.45) is 2.14. The Bertz CT molecular complexity index is 495. The standard InChI is InChI=1S/C12H17ClN2O2S/c1-15(9-11-3-2-8-14-11)18(16,17)12-6-4-10(13)5-7-12/h4-7,11,14H,2-3,8-9H2,1H3. The Hall–Kier alpha value is -0.620. The lowest BCUT2D eigenvalue weighted by Crippen LogP contribution is -2.38. The minimum Gasteiger partial charge on any atom is -0.313 e. The molecule has 1 saturated heterocycles. The van der Waals surface area contributed by atoms with Crippen LogP contribution in [0, 0.1) is 0 Å². The van der Waals surface area contributed by atoms with Crippen molar-refractivity contribution in [1.82, 2.24) is 9.62 Å². The predicted molar refractivity (Wildman–Crippen MR) is 72.3 cm³/mol. The second kappa shape index (κ2) is 5.57. The van der Waals surface area contributed by atoms with Crippen molar-refractivity contribution in [2.75, 3.05) is 20.1 Å². The van der Waals surface area contributed by atoms with Crippen LogP contribution in [0.25, 0.3) is 0 Å². The van der Waals surface area contributed by atoms with Gasteiger partial charge in [0.05, 0.1) is 4.90 Å². The maximum Gasteiger partial charge on any atom is 0.242 e. The highest BCUT2D eigenvalue weighted by Crippen LogP contribution is 2.18. The number of benzene rings is 1. The average molecular weight is 289 g/mol. The summed E-state index contributed by atoms with van der Waals surface area (Å²) in [5.74, 6) is 0. The zero-order valence-electron chi connectivity index (χ0n) is 10.3. The van der Waals surface area contributed by atoms with E-state index in [4.69, 9.17) is 11.6 Å². The highest BCUT2D eigenvalue weighted by atomic mass is 35.5. The Morgan fingerprint density at radius 1 is 1.39 bits per heavy atom. The van der Waals surface area contributed by atoms with Gasteiger partial charge in [-0.1, -0.05) is 11.6 Å². The third kappa shape index (κ3) is 3.03. The van der Waals surface area contributed by atoms with Crippen LogP contribution in [0.3, 0.4) is 0 Å². The Morgan fingerprint density at radius 2 is 2.06 bits per heavy atom. The van der Waals surface area contributed by atoms with Crippen LogP contribution in [0.4, 0.5) is 0 Å². The van der Waals surface area contributed by atoms with Crippen molar-refractivity contribution in [1.29, 1.82) is 0 Å². The molecule has 1 N–H and O–H groups in total. The van der Waals surface area contributed by atoms with Gasteiger partial charge in [0, 0.05) is 24.7 Å². The molecule has 1 aromatic rings. The molecule has 0 aromatic heterocycles. The first-order valence-corrected chi connectivity index (χ1v) is 7.77. The van der Waals surface area contributed by atoms with Gasteiger partial charge in [0.15, 0.2) is 0 Å². The molecule has 1 aliphatic rings. The predicted octanol–water partition coefficient (Wildman–Crippen LogP) is 1.71. The highest BCUT2D eigenvalue weighted by Gasteiger charge is 2.24. The first-order chi connectivity index (χ1) is 8.50. The maximum absolute atomic E-state index is 12.3. The number of hydrogen-bond acceptors (Lipinski definition) is 3. The summed E-state index contributed by atoms with van der Waals surface area (Å²) in [7, 11) is -1.79. The van der Waals surface area contributed by atoms with Crippen LogP contribution in [-0.2, 0) is 10.0 Å². The zero-order chi connectivity index (χ0) is 13.2. The van der Waals surface area contributed by atoms with Crippen molar-refractivity contribution < 1.29 is 8.42 Å². The van der Waals surface area contributed by atoms with Crippen LogP contribution in [0.15, 0.2) is 29.2 Å². The van der Waals surface area contributed by atoms with E-state index in [2.05, 4.69) is 5.32 Å². The van der Waals surface area contributed by atoms with Crippen LogP contribution in [-0.4, -0.2) is 38.9 Å². The third-order valence-electron chi connectivity index (χ3n) is 3.16. The molecule has 1 atom stereocenters. The van der Waals surface area contributed by atoms with Crippen LogP contribution < -0.4 is 5.32 Å². The van der Waals surface area contributed by atoms with Gasteiger partial charge in [0.25, 0.3) is 0 Å². The zero-order valence-corrected chi connectivity index (χ0v) is 11.8. The van der Waals surface area contributed by atoms with E-state index in [-0.39, 0.29) is 10.9 Å². The summed E-state index contributed by atoms with van der Waals surface area (Å²) in [6.45, 7) is 1.48. The summed E-state index contributed by atoms with van der Waals surface area (Å²) in [5, 5.41) is 3.83. The van der Waals surface area contributed by atoms with Gasteiger partial charge in [0.2, 0.25) is 10.0 Å². The number of hydrogen-bond donors (Lipinski definition) is 1. The van der Waals surface area contributed by atoms with E-state index in [0.717, 1.165) is 19.4 Å². The minimum absolute atomic E-state index is 0.261. The molecule has 0 radical (unpaired) electrons. The van der Waals surface area contributed by atoms with E-state index in [9.17, 15) is 8.42 Å². The van der Waals surface area contributed by atoms with E-state index >= 15 is 0 Å². The first-order valence-electron chi connectivity index (χ1n) is 5.95. The smallest absolute Gasteiger partial charge is 0.242 e. The van der Waals surface area contributed by atoms with Gasteiger partial charge in [-0.2, -0.15) is 4.31 Å². The molecular weight excluding hydrogens is 272 g/mol. The fourth-order valence-corrected chi connectivity index (χ4v) is 3.45. The summed E-state index contributed by atoms with van der Waals surface area (Å²) in [6, 6.07) is 6.52. The topological polar surface area (TPSA) is 49.4 Å². The van der Waals surface area contributed by atoms with Crippen LogP contribution in [0.2, 0.25) is 5.02 Å². The van der Waals surface area contributed by atoms with E-state index < -0.39 is 10.0 Å². The van der Waals surface area contributed by atoms with Crippen molar-refractivity contribution in [2.24, 2.45) is 0 Å². The van der Waals surface area contributed by atoms with E-state index in [1.807, 2.05) is 0 Å². The molecule has 1 aromatic carbocycles. The van der Waals surface area contributed by atoms with Gasteiger partial charge in [0.1, 0.15) is 0 Å². The molecular formula is C12H17ClN2O2S. The number of nitrogens with zero attached hydrogens (tertiary/aromatic N) is 1. The monoisotopic (exact) mass is 288 g/mol. The molecule has 4 nitrogen and oxygen atoms in total. The largest absolute Gasteiger partial charge is 0.313 e. The van der Waals surface area contributed by atoms with Crippen LogP contribution in [0.5, 0.6) is 0 Å². The summed E-state index contributed by atoms with van der Waals surface area (Å²) in [4.78, 5) is 0.285. The second-order valence-electron chi connectivity index (χ2n) is 4.53. The Balaban J connectivity index is 2.11. The van der Waals surface area contributed by atoms with Crippen molar-refractivity contribution >= 4 is 21.6 Å². The Morgan fingerprint density at radius 3 is 2.61 bits per heavy atom. The van der Waals surface area contributed by atoms with Gasteiger partial charge < -0.3 is 5.32 Å². The van der Waals surface area contributed by atoms with Crippen LogP contribution >= 0.6 is 11.6 Å². The molecule has 1 unspecified atom stereocenters. The molecule has 0 amide bonds. The molecule has 0 spiro atoms. The fourth-order valence-electron chi connectivity index (χ4n) is 2.11. The molecule has 1 aliphatic heterocycles. The number of sulfonamides is 1. The van der Waals surface area contributed by atoms with Gasteiger partial charge in [-0.05, 0) is 43.7 Å². The number of nitrogens with one attached hydrogen (secondary N) is 1. The summed E-state index contributed by atoms with van der Waals surface area (Å²) >= 11 is 5.76. The molecule has 1 heterocycles. The number of rotatable bonds is 4. The van der Waals surface area contributed by atoms with Gasteiger partial charge in [-0.15, -0.1) is 0 Å². The van der Waals surface area contributed by atoms with Crippen molar-refractivity contribution in [3.8, 4) is 0 Å². The molecule has 0 bridgehead atoms. The molecule has 0 saturated carbocycles. The van der Waals surface area contributed by atoms with E-state index in [1.165, 1.54) is 16.4 Å². The molecule has 100 valence electrons. The lowest BCUT2D eigenvalue weighted by atomic mass is 10.2. The van der Waals surface area contributed by atoms with Gasteiger partial charge >= 0.3 is 0 Å². The fraction of sp³-hybridized carbons (Fsp3) is 0.500. The quantitative estimate of drug-likeness (QED) is 0.918. The number of halogens is 1. The minimum atomic E-state index is -3.41. The van der Waals surface area contributed by atoms with Crippen molar-refractivity contribution in [2.45, 2.75) is 23.8 Å². The maximum atomic E-state index is 12.3. The Kier molecular flexibility index (Phi) is 4.27. The molecule has 18 heavy (non-hydrogen) atoms. The Labute approximate surface area is 113 Å². The molecule has 1 fully saturated rings. The number of likely N-dealkylation sites (N-methyl/N-ethyl adjacent to an activating group) is 1. The summed E-state index contributed by atoms with van der Waals surface area (Å²) < 4.78 is 26.0. The second-order valence-corrected chi connectivity index (χ2v) is 7.01. The van der Waals surface area contributed by atoms with Crippen molar-refractivity contribution in [3.63, 3.8) is 0 Å². The van der Waals surface area contributed by atoms with Gasteiger partial charge in [-0.25, -0.2) is 8.42 Å².